The summed E-state index contributed by atoms with van der Waals surface area (Å²) in [6, 6.07) is 13.3. The van der Waals surface area contributed by atoms with Gasteiger partial charge in [-0.2, -0.15) is 0 Å². The minimum Gasteiger partial charge on any atom is -0.396 e. The van der Waals surface area contributed by atoms with Crippen LogP contribution in [0.5, 0.6) is 0 Å². The van der Waals surface area contributed by atoms with Crippen LogP contribution in [0.3, 0.4) is 0 Å². The Kier molecular flexibility index (Phi) is 4.63. The van der Waals surface area contributed by atoms with Crippen LogP contribution < -0.4 is 0 Å². The van der Waals surface area contributed by atoms with E-state index in [-0.39, 0.29) is 12.5 Å². The predicted octanol–water partition coefficient (Wildman–Crippen LogP) is 3.36. The molecule has 0 aromatic heterocycles. The highest BCUT2D eigenvalue weighted by Crippen LogP contribution is 2.17. The standard InChI is InChI=1S/C16H16F2O/c17-15-7-6-14(16(18)10-15)9-13(11-19)8-12-4-2-1-3-5-12/h1-7,10,13,19H,8-9,11H2. The van der Waals surface area contributed by atoms with Crippen molar-refractivity contribution in [3.8, 4) is 0 Å². The van der Waals surface area contributed by atoms with Crippen molar-refractivity contribution in [3.63, 3.8) is 0 Å². The quantitative estimate of drug-likeness (QED) is 0.876. The molecule has 0 spiro atoms. The number of rotatable bonds is 5. The molecule has 0 aliphatic heterocycles. The number of aliphatic hydroxyl groups is 1. The summed E-state index contributed by atoms with van der Waals surface area (Å²) in [7, 11) is 0. The van der Waals surface area contributed by atoms with E-state index in [0.717, 1.165) is 11.6 Å². The van der Waals surface area contributed by atoms with Gasteiger partial charge in [-0.1, -0.05) is 36.4 Å². The monoisotopic (exact) mass is 262 g/mol. The van der Waals surface area contributed by atoms with Crippen LogP contribution in [0, 0.1) is 17.6 Å². The third-order valence-electron chi connectivity index (χ3n) is 3.15. The van der Waals surface area contributed by atoms with Gasteiger partial charge in [-0.05, 0) is 36.0 Å². The Bertz CT molecular complexity index is 526. The number of benzene rings is 2. The minimum absolute atomic E-state index is 0.0221. The summed E-state index contributed by atoms with van der Waals surface area (Å²) in [5.74, 6) is -1.20. The molecular formula is C16H16F2O. The van der Waals surface area contributed by atoms with Gasteiger partial charge in [0.1, 0.15) is 11.6 Å². The molecule has 1 nitrogen and oxygen atoms in total. The molecule has 0 saturated heterocycles. The highest BCUT2D eigenvalue weighted by molar-refractivity contribution is 5.20. The van der Waals surface area contributed by atoms with Crippen LogP contribution in [0.1, 0.15) is 11.1 Å². The van der Waals surface area contributed by atoms with Gasteiger partial charge in [-0.15, -0.1) is 0 Å². The van der Waals surface area contributed by atoms with Crippen molar-refractivity contribution >= 4 is 0 Å². The van der Waals surface area contributed by atoms with Crippen LogP contribution in [0.2, 0.25) is 0 Å². The van der Waals surface area contributed by atoms with Crippen molar-refractivity contribution < 1.29 is 13.9 Å². The number of aliphatic hydroxyl groups excluding tert-OH is 1. The van der Waals surface area contributed by atoms with E-state index in [0.29, 0.717) is 18.4 Å². The maximum Gasteiger partial charge on any atom is 0.129 e. The van der Waals surface area contributed by atoms with Crippen molar-refractivity contribution in [2.24, 2.45) is 5.92 Å². The Morgan fingerprint density at radius 3 is 2.32 bits per heavy atom. The van der Waals surface area contributed by atoms with Crippen LogP contribution in [-0.4, -0.2) is 11.7 Å². The predicted molar refractivity (Wildman–Crippen MR) is 70.8 cm³/mol. The van der Waals surface area contributed by atoms with Crippen molar-refractivity contribution in [1.29, 1.82) is 0 Å². The van der Waals surface area contributed by atoms with E-state index in [1.54, 1.807) is 0 Å². The fraction of sp³-hybridized carbons (Fsp3) is 0.250. The first-order valence-electron chi connectivity index (χ1n) is 6.27. The molecule has 1 N–H and O–H groups in total. The Morgan fingerprint density at radius 1 is 0.947 bits per heavy atom. The molecule has 19 heavy (non-hydrogen) atoms. The highest BCUT2D eigenvalue weighted by atomic mass is 19.1. The van der Waals surface area contributed by atoms with Crippen molar-refractivity contribution in [3.05, 3.63) is 71.3 Å². The van der Waals surface area contributed by atoms with Crippen molar-refractivity contribution in [2.75, 3.05) is 6.61 Å². The molecule has 3 heteroatoms. The van der Waals surface area contributed by atoms with E-state index in [2.05, 4.69) is 0 Å². The highest BCUT2D eigenvalue weighted by Gasteiger charge is 2.13. The second kappa shape index (κ2) is 6.43. The Morgan fingerprint density at radius 2 is 1.68 bits per heavy atom. The first kappa shape index (κ1) is 13.7. The average molecular weight is 262 g/mol. The first-order valence-corrected chi connectivity index (χ1v) is 6.27. The van der Waals surface area contributed by atoms with Gasteiger partial charge in [-0.3, -0.25) is 0 Å². The van der Waals surface area contributed by atoms with Gasteiger partial charge in [0, 0.05) is 12.7 Å². The summed E-state index contributed by atoms with van der Waals surface area (Å²) in [6.45, 7) is -0.0221. The summed E-state index contributed by atoms with van der Waals surface area (Å²) >= 11 is 0. The zero-order valence-electron chi connectivity index (χ0n) is 10.5. The van der Waals surface area contributed by atoms with E-state index < -0.39 is 11.6 Å². The maximum atomic E-state index is 13.6. The van der Waals surface area contributed by atoms with Crippen molar-refractivity contribution in [2.45, 2.75) is 12.8 Å². The molecule has 1 atom stereocenters. The third kappa shape index (κ3) is 3.86. The minimum atomic E-state index is -0.579. The molecule has 0 aliphatic carbocycles. The number of hydrogen-bond donors (Lipinski definition) is 1. The third-order valence-corrected chi connectivity index (χ3v) is 3.15. The summed E-state index contributed by atoms with van der Waals surface area (Å²) < 4.78 is 26.4. The lowest BCUT2D eigenvalue weighted by Crippen LogP contribution is -2.14. The van der Waals surface area contributed by atoms with Gasteiger partial charge in [0.15, 0.2) is 0 Å². The zero-order chi connectivity index (χ0) is 13.7. The molecule has 2 aromatic carbocycles. The summed E-state index contributed by atoms with van der Waals surface area (Å²) in [4.78, 5) is 0. The molecule has 1 unspecified atom stereocenters. The van der Waals surface area contributed by atoms with E-state index in [9.17, 15) is 13.9 Å². The van der Waals surface area contributed by atoms with Crippen LogP contribution in [0.15, 0.2) is 48.5 Å². The van der Waals surface area contributed by atoms with E-state index in [1.807, 2.05) is 30.3 Å². The van der Waals surface area contributed by atoms with Gasteiger partial charge in [0.25, 0.3) is 0 Å². The largest absolute Gasteiger partial charge is 0.396 e. The van der Waals surface area contributed by atoms with Gasteiger partial charge in [-0.25, -0.2) is 8.78 Å². The molecule has 0 heterocycles. The van der Waals surface area contributed by atoms with Gasteiger partial charge < -0.3 is 5.11 Å². The number of halogens is 2. The normalized spacial score (nSPS) is 12.4. The van der Waals surface area contributed by atoms with Gasteiger partial charge >= 0.3 is 0 Å². The van der Waals surface area contributed by atoms with E-state index in [1.165, 1.54) is 12.1 Å². The fourth-order valence-electron chi connectivity index (χ4n) is 2.15. The Labute approximate surface area is 111 Å². The average Bonchev–Trinajstić information content (AvgIpc) is 2.42. The van der Waals surface area contributed by atoms with Crippen LogP contribution in [0.25, 0.3) is 0 Å². The van der Waals surface area contributed by atoms with Crippen molar-refractivity contribution in [1.82, 2.24) is 0 Å². The summed E-state index contributed by atoms with van der Waals surface area (Å²) in [5.41, 5.74) is 1.54. The lowest BCUT2D eigenvalue weighted by atomic mass is 9.93. The van der Waals surface area contributed by atoms with E-state index in [4.69, 9.17) is 0 Å². The molecule has 0 saturated carbocycles. The fourth-order valence-corrected chi connectivity index (χ4v) is 2.15. The second-order valence-electron chi connectivity index (χ2n) is 4.68. The summed E-state index contributed by atoms with van der Waals surface area (Å²) in [5, 5.41) is 9.40. The molecule has 2 rings (SSSR count). The molecule has 2 aromatic rings. The molecule has 100 valence electrons. The lowest BCUT2D eigenvalue weighted by Gasteiger charge is -2.14. The molecule has 0 aliphatic rings. The van der Waals surface area contributed by atoms with E-state index >= 15 is 0 Å². The first-order chi connectivity index (χ1) is 9.19. The Hall–Kier alpha value is -1.74. The van der Waals surface area contributed by atoms with Gasteiger partial charge in [0.2, 0.25) is 0 Å². The molecule has 0 radical (unpaired) electrons. The zero-order valence-corrected chi connectivity index (χ0v) is 10.5. The summed E-state index contributed by atoms with van der Waals surface area (Å²) in [6.07, 6.45) is 1.08. The Balaban J connectivity index is 2.06. The topological polar surface area (TPSA) is 20.2 Å². The smallest absolute Gasteiger partial charge is 0.129 e. The molecule has 0 bridgehead atoms. The lowest BCUT2D eigenvalue weighted by molar-refractivity contribution is 0.224. The maximum absolute atomic E-state index is 13.6. The van der Waals surface area contributed by atoms with Crippen LogP contribution >= 0.6 is 0 Å². The molecule has 0 fully saturated rings. The van der Waals surface area contributed by atoms with Crippen LogP contribution in [0.4, 0.5) is 8.78 Å². The van der Waals surface area contributed by atoms with Gasteiger partial charge in [0.05, 0.1) is 0 Å². The molecular weight excluding hydrogens is 246 g/mol. The number of hydrogen-bond acceptors (Lipinski definition) is 1. The molecule has 0 amide bonds. The van der Waals surface area contributed by atoms with Crippen LogP contribution in [-0.2, 0) is 12.8 Å². The SMILES string of the molecule is OCC(Cc1ccccc1)Cc1ccc(F)cc1F. The second-order valence-corrected chi connectivity index (χ2v) is 4.68.